The Balaban J connectivity index is 2.12. The van der Waals surface area contributed by atoms with Crippen molar-refractivity contribution in [3.05, 3.63) is 54.1 Å². The lowest BCUT2D eigenvalue weighted by Gasteiger charge is -2.18. The minimum atomic E-state index is -3.13. The largest absolute Gasteiger partial charge is 0.506 e. The van der Waals surface area contributed by atoms with Gasteiger partial charge in [0.25, 0.3) is 0 Å². The second-order valence-electron chi connectivity index (χ2n) is 4.05. The van der Waals surface area contributed by atoms with Crippen molar-refractivity contribution >= 4 is 5.69 Å². The van der Waals surface area contributed by atoms with Crippen molar-refractivity contribution in [2.24, 2.45) is 0 Å². The van der Waals surface area contributed by atoms with Gasteiger partial charge in [-0.3, -0.25) is 0 Å². The van der Waals surface area contributed by atoms with Crippen molar-refractivity contribution in [1.82, 2.24) is 0 Å². The van der Waals surface area contributed by atoms with Gasteiger partial charge in [-0.05, 0) is 12.1 Å². The van der Waals surface area contributed by atoms with Crippen molar-refractivity contribution < 1.29 is 18.6 Å². The molecule has 0 spiro atoms. The molecule has 0 radical (unpaired) electrons. The van der Waals surface area contributed by atoms with Crippen LogP contribution >= 0.6 is 0 Å². The van der Waals surface area contributed by atoms with E-state index in [2.05, 4.69) is 0 Å². The van der Waals surface area contributed by atoms with Crippen LogP contribution in [0, 0.1) is 0 Å². The molecule has 2 rings (SSSR count). The maximum atomic E-state index is 13.8. The Hall–Kier alpha value is -2.30. The highest BCUT2D eigenvalue weighted by molar-refractivity contribution is 5.61. The molecule has 0 aliphatic heterocycles. The van der Waals surface area contributed by atoms with E-state index in [0.717, 1.165) is 0 Å². The molecule has 2 aromatic rings. The van der Waals surface area contributed by atoms with Crippen LogP contribution in [0.5, 0.6) is 11.5 Å². The maximum absolute atomic E-state index is 13.8. The molecule has 0 bridgehead atoms. The standard InChI is InChI=1S/C14H13F2NO2/c15-14(16,10-5-2-1-3-6-10)9-19-12-8-4-7-11(18)13(12)17/h1-8,18H,9,17H2. The molecule has 19 heavy (non-hydrogen) atoms. The van der Waals surface area contributed by atoms with Gasteiger partial charge in [-0.2, -0.15) is 8.78 Å². The van der Waals surface area contributed by atoms with Crippen LogP contribution in [-0.4, -0.2) is 11.7 Å². The number of para-hydroxylation sites is 1. The third-order valence-corrected chi connectivity index (χ3v) is 2.65. The number of nitrogen functional groups attached to an aromatic ring is 1. The quantitative estimate of drug-likeness (QED) is 0.659. The zero-order chi connectivity index (χ0) is 13.9. The van der Waals surface area contributed by atoms with E-state index >= 15 is 0 Å². The molecule has 0 atom stereocenters. The fourth-order valence-corrected chi connectivity index (χ4v) is 1.59. The second kappa shape index (κ2) is 5.14. The minimum absolute atomic E-state index is 0.0376. The predicted octanol–water partition coefficient (Wildman–Crippen LogP) is 3.15. The molecule has 2 aromatic carbocycles. The number of anilines is 1. The number of ether oxygens (including phenoxy) is 1. The molecule has 0 amide bonds. The van der Waals surface area contributed by atoms with E-state index in [4.69, 9.17) is 10.5 Å². The Bertz CT molecular complexity index is 559. The number of hydrogen-bond donors (Lipinski definition) is 2. The van der Waals surface area contributed by atoms with Crippen LogP contribution in [0.3, 0.4) is 0 Å². The maximum Gasteiger partial charge on any atom is 0.306 e. The van der Waals surface area contributed by atoms with Gasteiger partial charge in [-0.1, -0.05) is 36.4 Å². The highest BCUT2D eigenvalue weighted by Gasteiger charge is 2.32. The van der Waals surface area contributed by atoms with Crippen LogP contribution in [0.25, 0.3) is 0 Å². The monoisotopic (exact) mass is 265 g/mol. The summed E-state index contributed by atoms with van der Waals surface area (Å²) in [6, 6.07) is 11.6. The number of alkyl halides is 2. The van der Waals surface area contributed by atoms with E-state index < -0.39 is 12.5 Å². The lowest BCUT2D eigenvalue weighted by atomic mass is 10.1. The highest BCUT2D eigenvalue weighted by atomic mass is 19.3. The van der Waals surface area contributed by atoms with E-state index in [1.165, 1.54) is 42.5 Å². The Morgan fingerprint density at radius 1 is 1.05 bits per heavy atom. The van der Waals surface area contributed by atoms with Gasteiger partial charge < -0.3 is 15.6 Å². The first-order valence-corrected chi connectivity index (χ1v) is 5.64. The molecule has 0 fully saturated rings. The average molecular weight is 265 g/mol. The summed E-state index contributed by atoms with van der Waals surface area (Å²) in [4.78, 5) is 0. The van der Waals surface area contributed by atoms with Crippen LogP contribution in [0.4, 0.5) is 14.5 Å². The fourth-order valence-electron chi connectivity index (χ4n) is 1.59. The fraction of sp³-hybridized carbons (Fsp3) is 0.143. The molecule has 3 nitrogen and oxygen atoms in total. The highest BCUT2D eigenvalue weighted by Crippen LogP contribution is 2.33. The number of phenols is 1. The minimum Gasteiger partial charge on any atom is -0.506 e. The summed E-state index contributed by atoms with van der Waals surface area (Å²) in [5, 5.41) is 9.35. The molecular weight excluding hydrogens is 252 g/mol. The van der Waals surface area contributed by atoms with Gasteiger partial charge in [0, 0.05) is 5.56 Å². The van der Waals surface area contributed by atoms with E-state index in [-0.39, 0.29) is 22.7 Å². The summed E-state index contributed by atoms with van der Waals surface area (Å²) in [5.41, 5.74) is 5.35. The Kier molecular flexibility index (Phi) is 3.55. The van der Waals surface area contributed by atoms with Crippen LogP contribution in [0.15, 0.2) is 48.5 Å². The van der Waals surface area contributed by atoms with Crippen molar-refractivity contribution in [2.45, 2.75) is 5.92 Å². The normalized spacial score (nSPS) is 11.3. The van der Waals surface area contributed by atoms with Crippen LogP contribution < -0.4 is 10.5 Å². The molecule has 0 aromatic heterocycles. The second-order valence-corrected chi connectivity index (χ2v) is 4.05. The summed E-state index contributed by atoms with van der Waals surface area (Å²) in [6.07, 6.45) is 0. The van der Waals surface area contributed by atoms with Gasteiger partial charge in [-0.15, -0.1) is 0 Å². The number of halogens is 2. The van der Waals surface area contributed by atoms with Crippen LogP contribution in [-0.2, 0) is 5.92 Å². The van der Waals surface area contributed by atoms with Crippen molar-refractivity contribution in [2.75, 3.05) is 12.3 Å². The first-order chi connectivity index (χ1) is 9.00. The van der Waals surface area contributed by atoms with Crippen molar-refractivity contribution in [3.8, 4) is 11.5 Å². The number of hydrogen-bond acceptors (Lipinski definition) is 3. The van der Waals surface area contributed by atoms with Crippen LogP contribution in [0.1, 0.15) is 5.56 Å². The lowest BCUT2D eigenvalue weighted by Crippen LogP contribution is -2.23. The van der Waals surface area contributed by atoms with E-state index in [1.54, 1.807) is 6.07 Å². The van der Waals surface area contributed by atoms with Gasteiger partial charge >= 0.3 is 5.92 Å². The number of phenolic OH excluding ortho intramolecular Hbond substituents is 1. The Morgan fingerprint density at radius 3 is 2.42 bits per heavy atom. The van der Waals surface area contributed by atoms with Crippen LogP contribution in [0.2, 0.25) is 0 Å². The summed E-state index contributed by atoms with van der Waals surface area (Å²) >= 11 is 0. The van der Waals surface area contributed by atoms with Gasteiger partial charge in [0.05, 0.1) is 0 Å². The summed E-state index contributed by atoms with van der Waals surface area (Å²) in [5.74, 6) is -3.28. The van der Waals surface area contributed by atoms with Gasteiger partial charge in [0.15, 0.2) is 6.61 Å². The third kappa shape index (κ3) is 2.93. The number of rotatable bonds is 4. The molecule has 0 saturated carbocycles. The molecule has 100 valence electrons. The molecular formula is C14H13F2NO2. The zero-order valence-electron chi connectivity index (χ0n) is 10.0. The van der Waals surface area contributed by atoms with Gasteiger partial charge in [-0.25, -0.2) is 0 Å². The van der Waals surface area contributed by atoms with E-state index in [1.807, 2.05) is 0 Å². The Morgan fingerprint density at radius 2 is 1.74 bits per heavy atom. The first kappa shape index (κ1) is 13.1. The topological polar surface area (TPSA) is 55.5 Å². The smallest absolute Gasteiger partial charge is 0.306 e. The Labute approximate surface area is 109 Å². The van der Waals surface area contributed by atoms with E-state index in [0.29, 0.717) is 0 Å². The third-order valence-electron chi connectivity index (χ3n) is 2.65. The summed E-state index contributed by atoms with van der Waals surface area (Å²) in [7, 11) is 0. The van der Waals surface area contributed by atoms with Gasteiger partial charge in [0.2, 0.25) is 0 Å². The summed E-state index contributed by atoms with van der Waals surface area (Å²) < 4.78 is 32.7. The van der Waals surface area contributed by atoms with Crippen molar-refractivity contribution in [3.63, 3.8) is 0 Å². The number of benzene rings is 2. The van der Waals surface area contributed by atoms with Gasteiger partial charge in [0.1, 0.15) is 17.2 Å². The molecule has 3 N–H and O–H groups in total. The average Bonchev–Trinajstić information content (AvgIpc) is 2.41. The zero-order valence-corrected chi connectivity index (χ0v) is 10.0. The SMILES string of the molecule is Nc1c(O)cccc1OCC(F)(F)c1ccccc1. The number of nitrogens with two attached hydrogens (primary N) is 1. The molecule has 0 heterocycles. The summed E-state index contributed by atoms with van der Waals surface area (Å²) in [6.45, 7) is -0.843. The number of aromatic hydroxyl groups is 1. The molecule has 0 unspecified atom stereocenters. The molecule has 0 aliphatic rings. The van der Waals surface area contributed by atoms with Crippen molar-refractivity contribution in [1.29, 1.82) is 0 Å². The molecule has 5 heteroatoms. The molecule has 0 aliphatic carbocycles. The predicted molar refractivity (Wildman–Crippen MR) is 68.4 cm³/mol. The molecule has 0 saturated heterocycles. The van der Waals surface area contributed by atoms with E-state index in [9.17, 15) is 13.9 Å². The first-order valence-electron chi connectivity index (χ1n) is 5.64. The lowest BCUT2D eigenvalue weighted by molar-refractivity contribution is -0.0465.